The van der Waals surface area contributed by atoms with Gasteiger partial charge in [0.2, 0.25) is 6.33 Å². The van der Waals surface area contributed by atoms with Crippen molar-refractivity contribution in [3.05, 3.63) is 48.0 Å². The average Bonchev–Trinajstić information content (AvgIpc) is 2.84. The van der Waals surface area contributed by atoms with E-state index in [4.69, 9.17) is 5.73 Å². The Morgan fingerprint density at radius 1 is 1.48 bits per heavy atom. The van der Waals surface area contributed by atoms with Gasteiger partial charge >= 0.3 is 0 Å². The number of benzene rings is 1. The molecule has 0 saturated carbocycles. The number of carbonyl (C=O) groups excluding carboxylic acids is 1. The Morgan fingerprint density at radius 2 is 2.24 bits per heavy atom. The fourth-order valence-corrected chi connectivity index (χ4v) is 2.34. The smallest absolute Gasteiger partial charge is 0.243 e. The minimum atomic E-state index is 0.0364. The molecule has 5 heteroatoms. The maximum Gasteiger partial charge on any atom is 0.243 e. The Labute approximate surface area is 125 Å². The third-order valence-electron chi connectivity index (χ3n) is 3.60. The van der Waals surface area contributed by atoms with Crippen LogP contribution in [0.5, 0.6) is 0 Å². The molecule has 0 amide bonds. The molecule has 21 heavy (non-hydrogen) atoms. The van der Waals surface area contributed by atoms with Gasteiger partial charge in [-0.1, -0.05) is 12.1 Å². The van der Waals surface area contributed by atoms with Crippen molar-refractivity contribution in [1.29, 1.82) is 0 Å². The zero-order valence-electron chi connectivity index (χ0n) is 12.8. The lowest BCUT2D eigenvalue weighted by Crippen LogP contribution is -2.26. The number of ketones is 1. The van der Waals surface area contributed by atoms with Gasteiger partial charge < -0.3 is 11.1 Å². The van der Waals surface area contributed by atoms with Gasteiger partial charge in [0, 0.05) is 23.8 Å². The summed E-state index contributed by atoms with van der Waals surface area (Å²) in [5.74, 6) is 0.0364. The van der Waals surface area contributed by atoms with E-state index >= 15 is 0 Å². The molecule has 0 bridgehead atoms. The third kappa shape index (κ3) is 3.92. The number of nitrogen functional groups attached to an aromatic ring is 1. The number of carbonyl (C=O) groups is 1. The highest BCUT2D eigenvalue weighted by molar-refractivity contribution is 5.95. The summed E-state index contributed by atoms with van der Waals surface area (Å²) in [5, 5.41) is 3.45. The number of hydrogen-bond donors (Lipinski definition) is 2. The van der Waals surface area contributed by atoms with E-state index in [1.54, 1.807) is 13.0 Å². The largest absolute Gasteiger partial charge is 0.398 e. The molecule has 1 aromatic carbocycles. The Morgan fingerprint density at radius 3 is 2.81 bits per heavy atom. The molecular weight excluding hydrogens is 264 g/mol. The van der Waals surface area contributed by atoms with Gasteiger partial charge in [0.05, 0.1) is 7.05 Å². The molecule has 112 valence electrons. The highest BCUT2D eigenvalue weighted by Gasteiger charge is 2.11. The van der Waals surface area contributed by atoms with Crippen LogP contribution in [-0.2, 0) is 13.6 Å². The van der Waals surface area contributed by atoms with Crippen molar-refractivity contribution in [2.24, 2.45) is 7.05 Å². The van der Waals surface area contributed by atoms with Crippen LogP contribution in [-0.4, -0.2) is 16.9 Å². The molecule has 0 aliphatic heterocycles. The first-order valence-electron chi connectivity index (χ1n) is 7.12. The van der Waals surface area contributed by atoms with Crippen LogP contribution in [0.25, 0.3) is 0 Å². The topological polar surface area (TPSA) is 63.9 Å². The lowest BCUT2D eigenvalue weighted by Gasteiger charge is -2.16. The van der Waals surface area contributed by atoms with E-state index in [0.29, 0.717) is 11.3 Å². The number of anilines is 1. The van der Waals surface area contributed by atoms with E-state index < -0.39 is 0 Å². The third-order valence-corrected chi connectivity index (χ3v) is 3.60. The maximum atomic E-state index is 11.3. The van der Waals surface area contributed by atoms with Crippen molar-refractivity contribution < 1.29 is 9.36 Å². The molecule has 2 aromatic rings. The van der Waals surface area contributed by atoms with E-state index in [9.17, 15) is 4.79 Å². The number of imidazole rings is 1. The van der Waals surface area contributed by atoms with Crippen LogP contribution in [0.1, 0.15) is 35.8 Å². The standard InChI is InChI=1S/C16H23N4O/c1-12(18-6-7-20-9-8-19(3)11-20)15-5-4-14(13(2)21)10-16(15)17/h4-5,8-12,18H,6-7,17H2,1-3H3/q+1. The van der Waals surface area contributed by atoms with Crippen molar-refractivity contribution in [3.63, 3.8) is 0 Å². The quantitative estimate of drug-likeness (QED) is 0.480. The first kappa shape index (κ1) is 15.3. The van der Waals surface area contributed by atoms with Crippen LogP contribution < -0.4 is 15.6 Å². The summed E-state index contributed by atoms with van der Waals surface area (Å²) in [6.45, 7) is 5.38. The number of rotatable bonds is 6. The van der Waals surface area contributed by atoms with E-state index in [1.807, 2.05) is 42.5 Å². The van der Waals surface area contributed by atoms with Crippen molar-refractivity contribution in [2.75, 3.05) is 12.3 Å². The fourth-order valence-electron chi connectivity index (χ4n) is 2.34. The van der Waals surface area contributed by atoms with Crippen molar-refractivity contribution >= 4 is 11.5 Å². The van der Waals surface area contributed by atoms with Gasteiger partial charge in [0.25, 0.3) is 0 Å². The second-order valence-electron chi connectivity index (χ2n) is 5.39. The minimum Gasteiger partial charge on any atom is -0.398 e. The number of nitrogens with two attached hydrogens (primary N) is 1. The van der Waals surface area contributed by atoms with Crippen LogP contribution >= 0.6 is 0 Å². The fraction of sp³-hybridized carbons (Fsp3) is 0.375. The normalized spacial score (nSPS) is 12.3. The number of aryl methyl sites for hydroxylation is 1. The van der Waals surface area contributed by atoms with Crippen LogP contribution in [0.15, 0.2) is 36.9 Å². The molecule has 1 atom stereocenters. The number of hydrogen-bond acceptors (Lipinski definition) is 3. The molecule has 0 fully saturated rings. The molecule has 1 unspecified atom stereocenters. The summed E-state index contributed by atoms with van der Waals surface area (Å²) in [4.78, 5) is 11.3. The molecular formula is C16H23N4O+. The average molecular weight is 287 g/mol. The molecule has 2 rings (SSSR count). The lowest BCUT2D eigenvalue weighted by atomic mass is 10.0. The van der Waals surface area contributed by atoms with Crippen molar-refractivity contribution in [2.45, 2.75) is 26.4 Å². The summed E-state index contributed by atoms with van der Waals surface area (Å²) in [6.07, 6.45) is 6.10. The first-order valence-corrected chi connectivity index (χ1v) is 7.12. The molecule has 0 saturated heterocycles. The van der Waals surface area contributed by atoms with E-state index in [1.165, 1.54) is 0 Å². The molecule has 0 aliphatic rings. The van der Waals surface area contributed by atoms with Crippen LogP contribution in [0, 0.1) is 0 Å². The van der Waals surface area contributed by atoms with Crippen molar-refractivity contribution in [3.8, 4) is 0 Å². The molecule has 3 N–H and O–H groups in total. The predicted octanol–water partition coefficient (Wildman–Crippen LogP) is 1.45. The lowest BCUT2D eigenvalue weighted by molar-refractivity contribution is -0.671. The number of Topliss-reactive ketones (excluding diaryl/α,β-unsaturated/α-hetero) is 1. The highest BCUT2D eigenvalue weighted by atomic mass is 16.1. The van der Waals surface area contributed by atoms with Gasteiger partial charge in [-0.3, -0.25) is 4.79 Å². The summed E-state index contributed by atoms with van der Waals surface area (Å²) >= 11 is 0. The summed E-state index contributed by atoms with van der Waals surface area (Å²) in [7, 11) is 2.00. The minimum absolute atomic E-state index is 0.0364. The first-order chi connectivity index (χ1) is 9.97. The van der Waals surface area contributed by atoms with Crippen LogP contribution in [0.4, 0.5) is 5.69 Å². The van der Waals surface area contributed by atoms with Crippen LogP contribution in [0.2, 0.25) is 0 Å². The van der Waals surface area contributed by atoms with Gasteiger partial charge in [-0.05, 0) is 25.5 Å². The Kier molecular flexibility index (Phi) is 4.75. The molecule has 5 nitrogen and oxygen atoms in total. The molecule has 0 aliphatic carbocycles. The highest BCUT2D eigenvalue weighted by Crippen LogP contribution is 2.21. The number of nitrogens with one attached hydrogen (secondary N) is 1. The van der Waals surface area contributed by atoms with Gasteiger partial charge in [-0.2, -0.15) is 0 Å². The summed E-state index contributed by atoms with van der Waals surface area (Å²) < 4.78 is 4.14. The van der Waals surface area contributed by atoms with E-state index in [2.05, 4.69) is 16.8 Å². The second kappa shape index (κ2) is 6.54. The molecule has 1 heterocycles. The predicted molar refractivity (Wildman–Crippen MR) is 82.9 cm³/mol. The van der Waals surface area contributed by atoms with Crippen molar-refractivity contribution in [1.82, 2.24) is 9.88 Å². The maximum absolute atomic E-state index is 11.3. The van der Waals surface area contributed by atoms with Gasteiger partial charge in [0.15, 0.2) is 5.78 Å². The van der Waals surface area contributed by atoms with Gasteiger partial charge in [0.1, 0.15) is 18.9 Å². The summed E-state index contributed by atoms with van der Waals surface area (Å²) in [6, 6.07) is 5.66. The van der Waals surface area contributed by atoms with E-state index in [0.717, 1.165) is 18.7 Å². The number of aromatic nitrogens is 2. The Hall–Kier alpha value is -2.14. The molecule has 0 spiro atoms. The summed E-state index contributed by atoms with van der Waals surface area (Å²) in [5.41, 5.74) is 8.39. The van der Waals surface area contributed by atoms with E-state index in [-0.39, 0.29) is 11.8 Å². The zero-order valence-corrected chi connectivity index (χ0v) is 12.8. The SMILES string of the molecule is CC(=O)c1ccc(C(C)NCCn2cc[n+](C)c2)c(N)c1. The second-order valence-corrected chi connectivity index (χ2v) is 5.39. The number of nitrogens with zero attached hydrogens (tertiary/aromatic N) is 2. The molecule has 1 aromatic heterocycles. The Balaban J connectivity index is 1.93. The Bertz CT molecular complexity index is 633. The monoisotopic (exact) mass is 287 g/mol. The van der Waals surface area contributed by atoms with Gasteiger partial charge in [-0.25, -0.2) is 9.13 Å². The zero-order chi connectivity index (χ0) is 15.4. The molecule has 0 radical (unpaired) electrons. The van der Waals surface area contributed by atoms with Gasteiger partial charge in [-0.15, -0.1) is 0 Å². The van der Waals surface area contributed by atoms with Crippen LogP contribution in [0.3, 0.4) is 0 Å².